The normalized spacial score (nSPS) is 10.6. The Bertz CT molecular complexity index is 208. The molecule has 12 heavy (non-hydrogen) atoms. The number of hydrogen-bond donors (Lipinski definition) is 0. The summed E-state index contributed by atoms with van der Waals surface area (Å²) in [6.07, 6.45) is 3.03. The van der Waals surface area contributed by atoms with Crippen molar-refractivity contribution in [2.75, 3.05) is 6.61 Å². The van der Waals surface area contributed by atoms with E-state index in [0.29, 0.717) is 6.10 Å². The quantitative estimate of drug-likeness (QED) is 0.681. The summed E-state index contributed by atoms with van der Waals surface area (Å²) < 4.78 is 5.41. The fraction of sp³-hybridized carbons (Fsp3) is 0.500. The van der Waals surface area contributed by atoms with Gasteiger partial charge in [-0.2, -0.15) is 0 Å². The summed E-state index contributed by atoms with van der Waals surface area (Å²) in [4.78, 5) is 4.20. The van der Waals surface area contributed by atoms with E-state index in [1.165, 1.54) is 0 Å². The van der Waals surface area contributed by atoms with Crippen LogP contribution in [-0.2, 0) is 11.2 Å². The molecule has 0 aliphatic heterocycles. The van der Waals surface area contributed by atoms with Gasteiger partial charge in [-0.3, -0.25) is 4.98 Å². The second-order valence-electron chi connectivity index (χ2n) is 2.99. The van der Waals surface area contributed by atoms with Crippen molar-refractivity contribution >= 4 is 0 Å². The molecule has 0 aliphatic carbocycles. The zero-order chi connectivity index (χ0) is 8.81. The Hall–Kier alpha value is -0.890. The molecular weight excluding hydrogens is 150 g/mol. The molecule has 0 radical (unpaired) electrons. The highest BCUT2D eigenvalue weighted by Crippen LogP contribution is 1.96. The molecule has 0 spiro atoms. The second kappa shape index (κ2) is 4.88. The van der Waals surface area contributed by atoms with Crippen LogP contribution in [0.4, 0.5) is 0 Å². The number of hydrogen-bond acceptors (Lipinski definition) is 2. The molecule has 0 fully saturated rings. The van der Waals surface area contributed by atoms with Crippen molar-refractivity contribution in [3.05, 3.63) is 30.1 Å². The van der Waals surface area contributed by atoms with Crippen LogP contribution in [0, 0.1) is 0 Å². The van der Waals surface area contributed by atoms with Gasteiger partial charge in [-0.05, 0) is 26.0 Å². The van der Waals surface area contributed by atoms with Gasteiger partial charge in [0.1, 0.15) is 0 Å². The molecule has 0 bridgehead atoms. The molecular formula is C10H15NO. The molecule has 0 saturated heterocycles. The summed E-state index contributed by atoms with van der Waals surface area (Å²) in [5, 5.41) is 0. The van der Waals surface area contributed by atoms with Crippen LogP contribution in [0.25, 0.3) is 0 Å². The van der Waals surface area contributed by atoms with Crippen molar-refractivity contribution in [1.29, 1.82) is 0 Å². The van der Waals surface area contributed by atoms with Crippen LogP contribution in [0.5, 0.6) is 0 Å². The Morgan fingerprint density at radius 3 is 2.83 bits per heavy atom. The van der Waals surface area contributed by atoms with Gasteiger partial charge in [-0.1, -0.05) is 6.07 Å². The third-order valence-corrected chi connectivity index (χ3v) is 1.54. The third kappa shape index (κ3) is 3.49. The van der Waals surface area contributed by atoms with E-state index < -0.39 is 0 Å². The van der Waals surface area contributed by atoms with Gasteiger partial charge in [-0.15, -0.1) is 0 Å². The molecule has 0 amide bonds. The Balaban J connectivity index is 2.25. The maximum Gasteiger partial charge on any atom is 0.0525 e. The zero-order valence-corrected chi connectivity index (χ0v) is 7.66. The standard InChI is InChI=1S/C10H15NO/c1-9(2)12-8-6-10-5-3-4-7-11-10/h3-5,7,9H,6,8H2,1-2H3. The highest BCUT2D eigenvalue weighted by atomic mass is 16.5. The summed E-state index contributed by atoms with van der Waals surface area (Å²) in [7, 11) is 0. The van der Waals surface area contributed by atoms with Crippen molar-refractivity contribution in [1.82, 2.24) is 4.98 Å². The molecule has 1 aromatic rings. The van der Waals surface area contributed by atoms with E-state index in [1.807, 2.05) is 38.2 Å². The Morgan fingerprint density at radius 2 is 2.25 bits per heavy atom. The van der Waals surface area contributed by atoms with Crippen molar-refractivity contribution in [3.8, 4) is 0 Å². The van der Waals surface area contributed by atoms with Gasteiger partial charge in [0.05, 0.1) is 12.7 Å². The first-order valence-electron chi connectivity index (χ1n) is 4.30. The molecule has 2 nitrogen and oxygen atoms in total. The van der Waals surface area contributed by atoms with Gasteiger partial charge in [0, 0.05) is 18.3 Å². The van der Waals surface area contributed by atoms with Crippen molar-refractivity contribution in [3.63, 3.8) is 0 Å². The lowest BCUT2D eigenvalue weighted by atomic mass is 10.3. The molecule has 0 unspecified atom stereocenters. The maximum absolute atomic E-state index is 5.41. The maximum atomic E-state index is 5.41. The highest BCUT2D eigenvalue weighted by molar-refractivity contribution is 5.03. The lowest BCUT2D eigenvalue weighted by Crippen LogP contribution is -2.06. The van der Waals surface area contributed by atoms with Crippen LogP contribution < -0.4 is 0 Å². The van der Waals surface area contributed by atoms with Crippen molar-refractivity contribution < 1.29 is 4.74 Å². The number of aromatic nitrogens is 1. The average molecular weight is 165 g/mol. The molecule has 0 aliphatic rings. The second-order valence-corrected chi connectivity index (χ2v) is 2.99. The summed E-state index contributed by atoms with van der Waals surface area (Å²) in [6, 6.07) is 5.94. The molecule has 1 aromatic heterocycles. The van der Waals surface area contributed by atoms with E-state index in [-0.39, 0.29) is 0 Å². The van der Waals surface area contributed by atoms with Crippen LogP contribution in [0.15, 0.2) is 24.4 Å². The summed E-state index contributed by atoms with van der Waals surface area (Å²) in [5.41, 5.74) is 1.10. The Kier molecular flexibility index (Phi) is 3.74. The fourth-order valence-corrected chi connectivity index (χ4v) is 0.945. The third-order valence-electron chi connectivity index (χ3n) is 1.54. The minimum atomic E-state index is 0.314. The SMILES string of the molecule is CC(C)OCCc1ccccn1. The van der Waals surface area contributed by atoms with E-state index in [4.69, 9.17) is 4.74 Å². The van der Waals surface area contributed by atoms with Crippen LogP contribution in [0.3, 0.4) is 0 Å². The largest absolute Gasteiger partial charge is 0.378 e. The summed E-state index contributed by atoms with van der Waals surface area (Å²) in [5.74, 6) is 0. The van der Waals surface area contributed by atoms with Crippen LogP contribution in [0.2, 0.25) is 0 Å². The minimum Gasteiger partial charge on any atom is -0.378 e. The lowest BCUT2D eigenvalue weighted by Gasteiger charge is -2.06. The minimum absolute atomic E-state index is 0.314. The van der Waals surface area contributed by atoms with Gasteiger partial charge in [0.25, 0.3) is 0 Å². The van der Waals surface area contributed by atoms with Crippen LogP contribution >= 0.6 is 0 Å². The lowest BCUT2D eigenvalue weighted by molar-refractivity contribution is 0.0809. The number of rotatable bonds is 4. The smallest absolute Gasteiger partial charge is 0.0525 e. The topological polar surface area (TPSA) is 22.1 Å². The van der Waals surface area contributed by atoms with Crippen molar-refractivity contribution in [2.24, 2.45) is 0 Å². The molecule has 0 saturated carbocycles. The van der Waals surface area contributed by atoms with Gasteiger partial charge in [0.15, 0.2) is 0 Å². The zero-order valence-electron chi connectivity index (χ0n) is 7.66. The van der Waals surface area contributed by atoms with E-state index in [9.17, 15) is 0 Å². The average Bonchev–Trinajstić information content (AvgIpc) is 2.05. The molecule has 0 atom stereocenters. The molecule has 66 valence electrons. The van der Waals surface area contributed by atoms with E-state index in [0.717, 1.165) is 18.7 Å². The van der Waals surface area contributed by atoms with Gasteiger partial charge < -0.3 is 4.74 Å². The van der Waals surface area contributed by atoms with Crippen molar-refractivity contribution in [2.45, 2.75) is 26.4 Å². The molecule has 0 aromatic carbocycles. The fourth-order valence-electron chi connectivity index (χ4n) is 0.945. The van der Waals surface area contributed by atoms with Gasteiger partial charge in [-0.25, -0.2) is 0 Å². The molecule has 1 rings (SSSR count). The number of nitrogens with zero attached hydrogens (tertiary/aromatic N) is 1. The van der Waals surface area contributed by atoms with Crippen LogP contribution in [0.1, 0.15) is 19.5 Å². The van der Waals surface area contributed by atoms with E-state index >= 15 is 0 Å². The predicted molar refractivity (Wildman–Crippen MR) is 49.0 cm³/mol. The molecule has 1 heterocycles. The highest BCUT2D eigenvalue weighted by Gasteiger charge is 1.95. The van der Waals surface area contributed by atoms with E-state index in [2.05, 4.69) is 4.98 Å². The molecule has 0 N–H and O–H groups in total. The summed E-state index contributed by atoms with van der Waals surface area (Å²) in [6.45, 7) is 4.84. The summed E-state index contributed by atoms with van der Waals surface area (Å²) >= 11 is 0. The van der Waals surface area contributed by atoms with Gasteiger partial charge in [0.2, 0.25) is 0 Å². The van der Waals surface area contributed by atoms with Gasteiger partial charge >= 0.3 is 0 Å². The predicted octanol–water partition coefficient (Wildman–Crippen LogP) is 2.05. The first-order valence-corrected chi connectivity index (χ1v) is 4.30. The van der Waals surface area contributed by atoms with E-state index in [1.54, 1.807) is 0 Å². The Labute approximate surface area is 73.6 Å². The molecule has 2 heteroatoms. The Morgan fingerprint density at radius 1 is 1.42 bits per heavy atom. The monoisotopic (exact) mass is 165 g/mol. The first-order chi connectivity index (χ1) is 5.79. The number of pyridine rings is 1. The number of ether oxygens (including phenoxy) is 1. The van der Waals surface area contributed by atoms with Crippen LogP contribution in [-0.4, -0.2) is 17.7 Å². The first kappa shape index (κ1) is 9.20.